The molecule has 1 rings (SSSR count). The van der Waals surface area contributed by atoms with Gasteiger partial charge in [0.25, 0.3) is 0 Å². The van der Waals surface area contributed by atoms with Crippen molar-refractivity contribution in [3.8, 4) is 0 Å². The Morgan fingerprint density at radius 1 is 1.17 bits per heavy atom. The van der Waals surface area contributed by atoms with Crippen molar-refractivity contribution in [3.05, 3.63) is 0 Å². The molecule has 12 heavy (non-hydrogen) atoms. The number of hydrogen-bond acceptors (Lipinski definition) is 4. The van der Waals surface area contributed by atoms with E-state index < -0.39 is 18.3 Å². The van der Waals surface area contributed by atoms with Gasteiger partial charge in [-0.1, -0.05) is 6.92 Å². The first kappa shape index (κ1) is 9.92. The zero-order valence-electron chi connectivity index (χ0n) is 7.34. The number of aliphatic hydroxyl groups is 3. The Balaban J connectivity index is 2.63. The van der Waals surface area contributed by atoms with Crippen LogP contribution in [0.15, 0.2) is 0 Å². The van der Waals surface area contributed by atoms with Crippen molar-refractivity contribution in [2.45, 2.75) is 38.3 Å². The van der Waals surface area contributed by atoms with Crippen molar-refractivity contribution in [3.63, 3.8) is 0 Å². The summed E-state index contributed by atoms with van der Waals surface area (Å²) in [7, 11) is 0. The van der Waals surface area contributed by atoms with Gasteiger partial charge in [-0.15, -0.1) is 0 Å². The van der Waals surface area contributed by atoms with Crippen LogP contribution in [-0.4, -0.2) is 46.3 Å². The summed E-state index contributed by atoms with van der Waals surface area (Å²) in [5.74, 6) is -0.0946. The van der Waals surface area contributed by atoms with Gasteiger partial charge in [0.15, 0.2) is 0 Å². The summed E-state index contributed by atoms with van der Waals surface area (Å²) < 4.78 is 5.27. The molecule has 0 bridgehead atoms. The van der Waals surface area contributed by atoms with E-state index in [1.807, 2.05) is 13.8 Å². The molecule has 1 aliphatic heterocycles. The van der Waals surface area contributed by atoms with Gasteiger partial charge in [0.05, 0.1) is 18.8 Å². The minimum absolute atomic E-state index is 0.0946. The minimum Gasteiger partial charge on any atom is -0.394 e. The van der Waals surface area contributed by atoms with Crippen LogP contribution in [0.25, 0.3) is 0 Å². The van der Waals surface area contributed by atoms with E-state index in [1.165, 1.54) is 0 Å². The molecule has 0 amide bonds. The topological polar surface area (TPSA) is 69.9 Å². The molecule has 3 N–H and O–H groups in total. The van der Waals surface area contributed by atoms with Crippen molar-refractivity contribution in [2.24, 2.45) is 5.92 Å². The maximum atomic E-state index is 9.48. The minimum atomic E-state index is -0.971. The van der Waals surface area contributed by atoms with Crippen LogP contribution in [0.1, 0.15) is 13.8 Å². The summed E-state index contributed by atoms with van der Waals surface area (Å²) in [4.78, 5) is 0. The Hall–Kier alpha value is -0.160. The first-order valence-corrected chi connectivity index (χ1v) is 4.20. The van der Waals surface area contributed by atoms with Crippen LogP contribution < -0.4 is 0 Å². The Bertz CT molecular complexity index is 145. The van der Waals surface area contributed by atoms with E-state index in [0.29, 0.717) is 0 Å². The van der Waals surface area contributed by atoms with Crippen LogP contribution in [-0.2, 0) is 4.74 Å². The largest absolute Gasteiger partial charge is 0.394 e. The maximum absolute atomic E-state index is 9.48. The van der Waals surface area contributed by atoms with E-state index >= 15 is 0 Å². The molecule has 1 saturated heterocycles. The average Bonchev–Trinajstić information content (AvgIpc) is 2.08. The first-order valence-electron chi connectivity index (χ1n) is 4.20. The summed E-state index contributed by atoms with van der Waals surface area (Å²) in [6, 6.07) is 0. The molecule has 5 atom stereocenters. The zero-order valence-corrected chi connectivity index (χ0v) is 7.34. The fourth-order valence-corrected chi connectivity index (χ4v) is 1.44. The summed E-state index contributed by atoms with van der Waals surface area (Å²) in [5, 5.41) is 27.7. The molecule has 72 valence electrons. The molecule has 0 aromatic rings. The fourth-order valence-electron chi connectivity index (χ4n) is 1.44. The zero-order chi connectivity index (χ0) is 9.30. The highest BCUT2D eigenvalue weighted by Crippen LogP contribution is 2.25. The second-order valence-electron chi connectivity index (χ2n) is 3.40. The van der Waals surface area contributed by atoms with E-state index in [-0.39, 0.29) is 18.6 Å². The molecule has 0 aromatic carbocycles. The van der Waals surface area contributed by atoms with Crippen molar-refractivity contribution in [2.75, 3.05) is 6.61 Å². The molecule has 1 heterocycles. The third kappa shape index (κ3) is 1.61. The van der Waals surface area contributed by atoms with Crippen LogP contribution >= 0.6 is 0 Å². The molecule has 0 aromatic heterocycles. The lowest BCUT2D eigenvalue weighted by atomic mass is 9.89. The molecular formula is C8H16O4. The lowest BCUT2D eigenvalue weighted by Crippen LogP contribution is -2.53. The smallest absolute Gasteiger partial charge is 0.109 e. The predicted molar refractivity (Wildman–Crippen MR) is 42.6 cm³/mol. The molecular weight excluding hydrogens is 160 g/mol. The molecule has 0 spiro atoms. The van der Waals surface area contributed by atoms with Gasteiger partial charge in [-0.25, -0.2) is 0 Å². The van der Waals surface area contributed by atoms with E-state index in [9.17, 15) is 10.2 Å². The molecule has 2 unspecified atom stereocenters. The van der Waals surface area contributed by atoms with Gasteiger partial charge in [0.1, 0.15) is 12.2 Å². The van der Waals surface area contributed by atoms with Gasteiger partial charge in [-0.05, 0) is 6.92 Å². The monoisotopic (exact) mass is 176 g/mol. The maximum Gasteiger partial charge on any atom is 0.109 e. The molecule has 0 radical (unpaired) electrons. The summed E-state index contributed by atoms with van der Waals surface area (Å²) in [5.41, 5.74) is 0. The predicted octanol–water partition coefficient (Wildman–Crippen LogP) is -0.876. The van der Waals surface area contributed by atoms with Crippen LogP contribution in [0.5, 0.6) is 0 Å². The molecule has 0 aliphatic carbocycles. The number of ether oxygens (including phenoxy) is 1. The van der Waals surface area contributed by atoms with Crippen LogP contribution in [0.2, 0.25) is 0 Å². The van der Waals surface area contributed by atoms with Gasteiger partial charge in [-0.2, -0.15) is 0 Å². The van der Waals surface area contributed by atoms with Gasteiger partial charge >= 0.3 is 0 Å². The lowest BCUT2D eigenvalue weighted by molar-refractivity contribution is -0.200. The van der Waals surface area contributed by atoms with Gasteiger partial charge < -0.3 is 20.1 Å². The standard InChI is InChI=1S/C8H16O4/c1-4-5(2)12-6(3-9)8(11)7(4)10/h4-11H,3H2,1-2H3/t4-,5+,6?,7?,8+/m0/s1. The van der Waals surface area contributed by atoms with Gasteiger partial charge in [0.2, 0.25) is 0 Å². The van der Waals surface area contributed by atoms with E-state index in [4.69, 9.17) is 9.84 Å². The van der Waals surface area contributed by atoms with E-state index in [1.54, 1.807) is 0 Å². The van der Waals surface area contributed by atoms with Crippen LogP contribution in [0.4, 0.5) is 0 Å². The quantitative estimate of drug-likeness (QED) is 0.485. The first-order chi connectivity index (χ1) is 5.57. The van der Waals surface area contributed by atoms with Crippen molar-refractivity contribution in [1.29, 1.82) is 0 Å². The number of aliphatic hydroxyl groups excluding tert-OH is 3. The normalized spacial score (nSPS) is 49.2. The van der Waals surface area contributed by atoms with Gasteiger partial charge in [0, 0.05) is 5.92 Å². The Labute approximate surface area is 71.8 Å². The Morgan fingerprint density at radius 2 is 1.75 bits per heavy atom. The molecule has 0 saturated carbocycles. The molecule has 1 fully saturated rings. The Kier molecular flexibility index (Phi) is 3.06. The molecule has 4 nitrogen and oxygen atoms in total. The summed E-state index contributed by atoms with van der Waals surface area (Å²) >= 11 is 0. The van der Waals surface area contributed by atoms with Gasteiger partial charge in [-0.3, -0.25) is 0 Å². The summed E-state index contributed by atoms with van der Waals surface area (Å²) in [6.07, 6.45) is -2.54. The highest BCUT2D eigenvalue weighted by atomic mass is 16.5. The fraction of sp³-hybridized carbons (Fsp3) is 1.00. The second-order valence-corrected chi connectivity index (χ2v) is 3.40. The Morgan fingerprint density at radius 3 is 2.25 bits per heavy atom. The number of hydrogen-bond donors (Lipinski definition) is 3. The van der Waals surface area contributed by atoms with E-state index in [0.717, 1.165) is 0 Å². The van der Waals surface area contributed by atoms with Crippen molar-refractivity contribution < 1.29 is 20.1 Å². The van der Waals surface area contributed by atoms with Crippen molar-refractivity contribution in [1.82, 2.24) is 0 Å². The third-order valence-electron chi connectivity index (χ3n) is 2.58. The van der Waals surface area contributed by atoms with Crippen molar-refractivity contribution >= 4 is 0 Å². The third-order valence-corrected chi connectivity index (χ3v) is 2.58. The second kappa shape index (κ2) is 3.70. The van der Waals surface area contributed by atoms with Crippen LogP contribution in [0.3, 0.4) is 0 Å². The lowest BCUT2D eigenvalue weighted by Gasteiger charge is -2.39. The average molecular weight is 176 g/mol. The SMILES string of the molecule is C[C@@H]1C(O)[C@H](O)C(CO)O[C@@H]1C. The number of rotatable bonds is 1. The highest BCUT2D eigenvalue weighted by Gasteiger charge is 2.39. The molecule has 4 heteroatoms. The highest BCUT2D eigenvalue weighted by molar-refractivity contribution is 4.87. The van der Waals surface area contributed by atoms with Crippen LogP contribution in [0, 0.1) is 5.92 Å². The molecule has 1 aliphatic rings. The van der Waals surface area contributed by atoms with E-state index in [2.05, 4.69) is 0 Å². The summed E-state index contributed by atoms with van der Waals surface area (Å²) in [6.45, 7) is 3.38.